The molecule has 2 aromatic heterocycles. The second kappa shape index (κ2) is 4.18. The summed E-state index contributed by atoms with van der Waals surface area (Å²) in [5, 5.41) is 2.55. The summed E-state index contributed by atoms with van der Waals surface area (Å²) in [6.45, 7) is 0. The molecule has 0 amide bonds. The number of aromatic nitrogens is 1. The van der Waals surface area contributed by atoms with Crippen LogP contribution in [-0.2, 0) is 0 Å². The highest BCUT2D eigenvalue weighted by molar-refractivity contribution is 7.25. The number of benzene rings is 2. The number of fused-ring (bicyclic) bond motifs is 3. The fourth-order valence-electron chi connectivity index (χ4n) is 2.40. The highest BCUT2D eigenvalue weighted by Crippen LogP contribution is 2.34. The first-order chi connectivity index (χ1) is 9.42. The molecule has 4 aromatic rings. The van der Waals surface area contributed by atoms with Crippen LogP contribution in [0.3, 0.4) is 0 Å². The van der Waals surface area contributed by atoms with Crippen LogP contribution in [0, 0.1) is 0 Å². The highest BCUT2D eigenvalue weighted by Gasteiger charge is 2.07. The summed E-state index contributed by atoms with van der Waals surface area (Å²) in [7, 11) is 0. The third-order valence-electron chi connectivity index (χ3n) is 3.34. The average Bonchev–Trinajstić information content (AvgIpc) is 2.86. The van der Waals surface area contributed by atoms with Crippen LogP contribution in [0.4, 0.5) is 0 Å². The summed E-state index contributed by atoms with van der Waals surface area (Å²) in [5.41, 5.74) is 2.39. The zero-order chi connectivity index (χ0) is 12.7. The zero-order valence-corrected chi connectivity index (χ0v) is 11.0. The quantitative estimate of drug-likeness (QED) is 0.463. The van der Waals surface area contributed by atoms with E-state index in [9.17, 15) is 0 Å². The number of thiophene rings is 1. The summed E-state index contributed by atoms with van der Waals surface area (Å²) in [4.78, 5) is 5.73. The molecule has 0 bridgehead atoms. The second-order valence-electron chi connectivity index (χ2n) is 4.54. The molecule has 19 heavy (non-hydrogen) atoms. The zero-order valence-electron chi connectivity index (χ0n) is 10.2. The predicted octanol–water partition coefficient (Wildman–Crippen LogP) is 5.12. The van der Waals surface area contributed by atoms with Gasteiger partial charge in [-0.2, -0.15) is 0 Å². The Morgan fingerprint density at radius 1 is 0.737 bits per heavy atom. The fraction of sp³-hybridized carbons (Fsp3) is 0. The SMILES string of the molecule is c1ccc(-c2cnc3sc4ccccc4c3c2)cc1. The highest BCUT2D eigenvalue weighted by atomic mass is 32.1. The smallest absolute Gasteiger partial charge is 0.124 e. The lowest BCUT2D eigenvalue weighted by Crippen LogP contribution is -1.79. The first-order valence-corrected chi connectivity index (χ1v) is 7.06. The van der Waals surface area contributed by atoms with Gasteiger partial charge in [-0.15, -0.1) is 11.3 Å². The minimum absolute atomic E-state index is 1.11. The maximum absolute atomic E-state index is 4.61. The summed E-state index contributed by atoms with van der Waals surface area (Å²) >= 11 is 1.75. The minimum Gasteiger partial charge on any atom is -0.245 e. The van der Waals surface area contributed by atoms with E-state index in [0.29, 0.717) is 0 Å². The second-order valence-corrected chi connectivity index (χ2v) is 5.57. The van der Waals surface area contributed by atoms with Crippen molar-refractivity contribution >= 4 is 31.6 Å². The maximum Gasteiger partial charge on any atom is 0.124 e. The summed E-state index contributed by atoms with van der Waals surface area (Å²) < 4.78 is 1.30. The number of pyridine rings is 1. The first kappa shape index (κ1) is 10.7. The molecule has 0 saturated carbocycles. The molecule has 0 N–H and O–H groups in total. The van der Waals surface area contributed by atoms with Gasteiger partial charge in [-0.05, 0) is 17.7 Å². The van der Waals surface area contributed by atoms with Crippen molar-refractivity contribution in [3.05, 3.63) is 66.9 Å². The Hall–Kier alpha value is -2.19. The molecule has 2 heteroatoms. The van der Waals surface area contributed by atoms with Gasteiger partial charge in [0, 0.05) is 27.2 Å². The molecule has 0 atom stereocenters. The van der Waals surface area contributed by atoms with Crippen molar-refractivity contribution in [2.75, 3.05) is 0 Å². The number of rotatable bonds is 1. The van der Waals surface area contributed by atoms with Gasteiger partial charge >= 0.3 is 0 Å². The Morgan fingerprint density at radius 2 is 1.53 bits per heavy atom. The number of nitrogens with zero attached hydrogens (tertiary/aromatic N) is 1. The van der Waals surface area contributed by atoms with E-state index in [0.717, 1.165) is 4.83 Å². The standard InChI is InChI=1S/C17H11NS/c1-2-6-12(7-3-1)13-10-15-14-8-4-5-9-16(14)19-17(15)18-11-13/h1-11H. The Bertz CT molecular complexity index is 862. The molecule has 1 nitrogen and oxygen atoms in total. The van der Waals surface area contributed by atoms with Gasteiger partial charge in [0.2, 0.25) is 0 Å². The Morgan fingerprint density at radius 3 is 2.42 bits per heavy atom. The number of hydrogen-bond acceptors (Lipinski definition) is 2. The Kier molecular flexibility index (Phi) is 2.35. The molecule has 0 saturated heterocycles. The molecule has 0 fully saturated rings. The van der Waals surface area contributed by atoms with Crippen LogP contribution < -0.4 is 0 Å². The molecule has 0 aliphatic heterocycles. The molecule has 2 aromatic carbocycles. The lowest BCUT2D eigenvalue weighted by molar-refractivity contribution is 1.44. The molecule has 4 rings (SSSR count). The lowest BCUT2D eigenvalue weighted by atomic mass is 10.1. The van der Waals surface area contributed by atoms with E-state index in [1.165, 1.54) is 26.6 Å². The van der Waals surface area contributed by atoms with E-state index in [1.807, 2.05) is 12.3 Å². The van der Waals surface area contributed by atoms with E-state index < -0.39 is 0 Å². The van der Waals surface area contributed by atoms with Crippen molar-refractivity contribution in [1.82, 2.24) is 4.98 Å². The molecule has 0 radical (unpaired) electrons. The van der Waals surface area contributed by atoms with E-state index in [2.05, 4.69) is 59.6 Å². The molecular formula is C17H11NS. The largest absolute Gasteiger partial charge is 0.245 e. The van der Waals surface area contributed by atoms with Crippen LogP contribution in [0.15, 0.2) is 66.9 Å². The van der Waals surface area contributed by atoms with Crippen LogP contribution >= 0.6 is 11.3 Å². The molecular weight excluding hydrogens is 250 g/mol. The minimum atomic E-state index is 1.11. The Balaban J connectivity index is 2.03. The van der Waals surface area contributed by atoms with Gasteiger partial charge in [0.1, 0.15) is 4.83 Å². The van der Waals surface area contributed by atoms with E-state index in [4.69, 9.17) is 0 Å². The summed E-state index contributed by atoms with van der Waals surface area (Å²) in [6, 6.07) is 21.1. The third kappa shape index (κ3) is 1.72. The van der Waals surface area contributed by atoms with Crippen molar-refractivity contribution in [1.29, 1.82) is 0 Å². The molecule has 2 heterocycles. The maximum atomic E-state index is 4.61. The lowest BCUT2D eigenvalue weighted by Gasteiger charge is -2.00. The van der Waals surface area contributed by atoms with Crippen molar-refractivity contribution in [3.8, 4) is 11.1 Å². The summed E-state index contributed by atoms with van der Waals surface area (Å²) in [5.74, 6) is 0. The van der Waals surface area contributed by atoms with E-state index >= 15 is 0 Å². The summed E-state index contributed by atoms with van der Waals surface area (Å²) in [6.07, 6.45) is 1.97. The van der Waals surface area contributed by atoms with Gasteiger partial charge in [-0.3, -0.25) is 0 Å². The number of hydrogen-bond donors (Lipinski definition) is 0. The molecule has 0 spiro atoms. The van der Waals surface area contributed by atoms with Crippen LogP contribution in [0.25, 0.3) is 31.4 Å². The predicted molar refractivity (Wildman–Crippen MR) is 82.6 cm³/mol. The van der Waals surface area contributed by atoms with Gasteiger partial charge in [0.05, 0.1) is 0 Å². The van der Waals surface area contributed by atoms with Gasteiger partial charge in [-0.25, -0.2) is 4.98 Å². The van der Waals surface area contributed by atoms with Crippen LogP contribution in [0.5, 0.6) is 0 Å². The topological polar surface area (TPSA) is 12.9 Å². The Labute approximate surface area is 115 Å². The van der Waals surface area contributed by atoms with Crippen molar-refractivity contribution in [2.45, 2.75) is 0 Å². The van der Waals surface area contributed by atoms with Gasteiger partial charge in [-0.1, -0.05) is 48.5 Å². The van der Waals surface area contributed by atoms with Gasteiger partial charge in [0.25, 0.3) is 0 Å². The van der Waals surface area contributed by atoms with Crippen LogP contribution in [0.2, 0.25) is 0 Å². The van der Waals surface area contributed by atoms with Crippen molar-refractivity contribution in [2.24, 2.45) is 0 Å². The molecule has 0 unspecified atom stereocenters. The van der Waals surface area contributed by atoms with E-state index in [-0.39, 0.29) is 0 Å². The molecule has 0 aliphatic carbocycles. The van der Waals surface area contributed by atoms with Crippen LogP contribution in [-0.4, -0.2) is 4.98 Å². The van der Waals surface area contributed by atoms with E-state index in [1.54, 1.807) is 11.3 Å². The van der Waals surface area contributed by atoms with Gasteiger partial charge < -0.3 is 0 Å². The van der Waals surface area contributed by atoms with Crippen molar-refractivity contribution in [3.63, 3.8) is 0 Å². The van der Waals surface area contributed by atoms with Crippen molar-refractivity contribution < 1.29 is 0 Å². The molecule has 90 valence electrons. The fourth-order valence-corrected chi connectivity index (χ4v) is 3.42. The first-order valence-electron chi connectivity index (χ1n) is 6.24. The van der Waals surface area contributed by atoms with Gasteiger partial charge in [0.15, 0.2) is 0 Å². The normalized spacial score (nSPS) is 11.2. The average molecular weight is 261 g/mol. The van der Waals surface area contributed by atoms with Crippen LogP contribution in [0.1, 0.15) is 0 Å². The molecule has 0 aliphatic rings. The monoisotopic (exact) mass is 261 g/mol. The third-order valence-corrected chi connectivity index (χ3v) is 4.44.